The molecule has 208 valence electrons. The molecule has 1 fully saturated rings. The molecule has 2 aromatic carbocycles. The molecule has 1 aliphatic heterocycles. The predicted octanol–water partition coefficient (Wildman–Crippen LogP) is 6.35. The maximum atomic E-state index is 14.2. The van der Waals surface area contributed by atoms with E-state index in [4.69, 9.17) is 9.47 Å². The number of allylic oxidation sites excluding steroid dienone is 1. The van der Waals surface area contributed by atoms with Crippen molar-refractivity contribution in [3.05, 3.63) is 88.8 Å². The Labute approximate surface area is 236 Å². The summed E-state index contributed by atoms with van der Waals surface area (Å²) < 4.78 is 12.5. The number of nitrogens with zero attached hydrogens (tertiary/aromatic N) is 2. The summed E-state index contributed by atoms with van der Waals surface area (Å²) in [6.45, 7) is 8.87. The van der Waals surface area contributed by atoms with E-state index in [1.165, 1.54) is 13.8 Å². The minimum atomic E-state index is -0.919. The third-order valence-electron chi connectivity index (χ3n) is 7.81. The standard InChI is InChI=1S/C33H36N2O5/c1-20(2)26-17-16-21(3)18-28(26)39-33(38)30-29(24-12-8-6-9-13-24)27(19-34)31(25-14-10-7-11-15-25)40-32(30)35(22(4)36)23(5)37/h6-15,20-21,26,28-29H,16-18H2,1-5H3/t21-,26+,28-,29-/m1/s1. The summed E-state index contributed by atoms with van der Waals surface area (Å²) in [6, 6.07) is 20.3. The second-order valence-electron chi connectivity index (χ2n) is 11.0. The van der Waals surface area contributed by atoms with E-state index in [9.17, 15) is 19.6 Å². The van der Waals surface area contributed by atoms with Crippen molar-refractivity contribution in [1.82, 2.24) is 4.90 Å². The van der Waals surface area contributed by atoms with E-state index >= 15 is 0 Å². The summed E-state index contributed by atoms with van der Waals surface area (Å²) in [4.78, 5) is 40.7. The van der Waals surface area contributed by atoms with E-state index in [0.29, 0.717) is 29.4 Å². The molecule has 0 bridgehead atoms. The number of esters is 1. The molecule has 0 spiro atoms. The Morgan fingerprint density at radius 3 is 2.12 bits per heavy atom. The second kappa shape index (κ2) is 12.3. The van der Waals surface area contributed by atoms with E-state index < -0.39 is 23.7 Å². The zero-order valence-electron chi connectivity index (χ0n) is 23.7. The van der Waals surface area contributed by atoms with Crippen LogP contribution in [0.4, 0.5) is 0 Å². The molecule has 4 rings (SSSR count). The molecule has 0 aromatic heterocycles. The van der Waals surface area contributed by atoms with Gasteiger partial charge in [-0.15, -0.1) is 0 Å². The SMILES string of the molecule is CC(=O)N(C(C)=O)C1=C(C(=O)O[C@@H]2C[C@H](C)CC[C@H]2C(C)C)[C@H](c2ccccc2)C(C#N)=C(c2ccccc2)O1. The number of benzene rings is 2. The van der Waals surface area contributed by atoms with Gasteiger partial charge in [-0.25, -0.2) is 9.69 Å². The van der Waals surface area contributed by atoms with Crippen LogP contribution >= 0.6 is 0 Å². The largest absolute Gasteiger partial charge is 0.459 e. The fourth-order valence-electron chi connectivity index (χ4n) is 5.83. The van der Waals surface area contributed by atoms with E-state index in [0.717, 1.165) is 17.7 Å². The Kier molecular flexibility index (Phi) is 8.89. The zero-order valence-corrected chi connectivity index (χ0v) is 23.7. The van der Waals surface area contributed by atoms with Crippen molar-refractivity contribution in [2.45, 2.75) is 65.9 Å². The van der Waals surface area contributed by atoms with E-state index in [-0.39, 0.29) is 34.8 Å². The molecule has 0 radical (unpaired) electrons. The number of amides is 2. The van der Waals surface area contributed by atoms with Crippen LogP contribution in [0.1, 0.15) is 70.9 Å². The molecule has 0 N–H and O–H groups in total. The first-order chi connectivity index (χ1) is 19.1. The van der Waals surface area contributed by atoms with Gasteiger partial charge in [0.15, 0.2) is 5.76 Å². The van der Waals surface area contributed by atoms with Gasteiger partial charge in [0, 0.05) is 19.4 Å². The fraction of sp³-hybridized carbons (Fsp3) is 0.394. The molecule has 2 amide bonds. The minimum absolute atomic E-state index is 0.0337. The van der Waals surface area contributed by atoms with Crippen LogP contribution in [0, 0.1) is 29.1 Å². The Balaban J connectivity index is 1.94. The molecule has 0 saturated heterocycles. The van der Waals surface area contributed by atoms with Gasteiger partial charge in [-0.2, -0.15) is 5.26 Å². The molecule has 1 aliphatic carbocycles. The lowest BCUT2D eigenvalue weighted by atomic mass is 9.75. The van der Waals surface area contributed by atoms with Crippen molar-refractivity contribution >= 4 is 23.5 Å². The van der Waals surface area contributed by atoms with Gasteiger partial charge in [0.1, 0.15) is 11.7 Å². The minimum Gasteiger partial charge on any atom is -0.459 e. The van der Waals surface area contributed by atoms with Crippen LogP contribution in [0.2, 0.25) is 0 Å². The summed E-state index contributed by atoms with van der Waals surface area (Å²) >= 11 is 0. The molecule has 0 unspecified atom stereocenters. The molecule has 40 heavy (non-hydrogen) atoms. The Bertz CT molecular complexity index is 1360. The van der Waals surface area contributed by atoms with Crippen LogP contribution in [0.25, 0.3) is 5.76 Å². The first-order valence-corrected chi connectivity index (χ1v) is 13.8. The van der Waals surface area contributed by atoms with Crippen molar-refractivity contribution in [2.75, 3.05) is 0 Å². The van der Waals surface area contributed by atoms with Gasteiger partial charge in [0.2, 0.25) is 17.7 Å². The number of imide groups is 1. The highest BCUT2D eigenvalue weighted by atomic mass is 16.5. The van der Waals surface area contributed by atoms with Gasteiger partial charge >= 0.3 is 5.97 Å². The highest BCUT2D eigenvalue weighted by Gasteiger charge is 2.44. The number of carbonyl (C=O) groups is 3. The van der Waals surface area contributed by atoms with Crippen molar-refractivity contribution in [3.63, 3.8) is 0 Å². The highest BCUT2D eigenvalue weighted by Crippen LogP contribution is 2.45. The molecule has 2 aliphatic rings. The smallest absolute Gasteiger partial charge is 0.340 e. The lowest BCUT2D eigenvalue weighted by molar-refractivity contribution is -0.152. The highest BCUT2D eigenvalue weighted by molar-refractivity contribution is 6.00. The molecule has 1 saturated carbocycles. The van der Waals surface area contributed by atoms with Gasteiger partial charge in [-0.1, -0.05) is 87.9 Å². The van der Waals surface area contributed by atoms with Crippen LogP contribution in [0.3, 0.4) is 0 Å². The van der Waals surface area contributed by atoms with Crippen molar-refractivity contribution in [1.29, 1.82) is 5.26 Å². The summed E-state index contributed by atoms with van der Waals surface area (Å²) in [5, 5.41) is 10.5. The topological polar surface area (TPSA) is 96.7 Å². The Hall–Kier alpha value is -4.18. The van der Waals surface area contributed by atoms with Gasteiger partial charge < -0.3 is 9.47 Å². The Morgan fingerprint density at radius 1 is 0.975 bits per heavy atom. The summed E-state index contributed by atoms with van der Waals surface area (Å²) in [7, 11) is 0. The van der Waals surface area contributed by atoms with Gasteiger partial charge in [0.05, 0.1) is 17.6 Å². The number of carbonyl (C=O) groups excluding carboxylic acids is 3. The lowest BCUT2D eigenvalue weighted by Gasteiger charge is -2.38. The third-order valence-corrected chi connectivity index (χ3v) is 7.81. The van der Waals surface area contributed by atoms with Gasteiger partial charge in [0.25, 0.3) is 0 Å². The predicted molar refractivity (Wildman–Crippen MR) is 151 cm³/mol. The molecule has 1 heterocycles. The zero-order chi connectivity index (χ0) is 29.0. The van der Waals surface area contributed by atoms with E-state index in [2.05, 4.69) is 26.8 Å². The number of nitriles is 1. The van der Waals surface area contributed by atoms with Crippen LogP contribution in [-0.4, -0.2) is 28.8 Å². The van der Waals surface area contributed by atoms with Crippen LogP contribution < -0.4 is 0 Å². The second-order valence-corrected chi connectivity index (χ2v) is 11.0. The number of ether oxygens (including phenoxy) is 2. The molecule has 4 atom stereocenters. The molecule has 7 heteroatoms. The van der Waals surface area contributed by atoms with Crippen molar-refractivity contribution < 1.29 is 23.9 Å². The number of rotatable bonds is 6. The summed E-state index contributed by atoms with van der Waals surface area (Å²) in [5.41, 5.74) is 1.38. The molecule has 2 aromatic rings. The third kappa shape index (κ3) is 5.86. The van der Waals surface area contributed by atoms with E-state index in [1.807, 2.05) is 36.4 Å². The fourth-order valence-corrected chi connectivity index (χ4v) is 5.83. The van der Waals surface area contributed by atoms with Crippen molar-refractivity contribution in [2.24, 2.45) is 17.8 Å². The quantitative estimate of drug-likeness (QED) is 0.396. The van der Waals surface area contributed by atoms with Crippen LogP contribution in [0.5, 0.6) is 0 Å². The maximum Gasteiger partial charge on any atom is 0.340 e. The van der Waals surface area contributed by atoms with Crippen LogP contribution in [-0.2, 0) is 23.9 Å². The summed E-state index contributed by atoms with van der Waals surface area (Å²) in [6.07, 6.45) is 2.38. The first kappa shape index (κ1) is 28.8. The Morgan fingerprint density at radius 2 is 1.57 bits per heavy atom. The van der Waals surface area contributed by atoms with Crippen molar-refractivity contribution in [3.8, 4) is 6.07 Å². The molecule has 7 nitrogen and oxygen atoms in total. The monoisotopic (exact) mass is 540 g/mol. The van der Waals surface area contributed by atoms with Gasteiger partial charge in [-0.05, 0) is 36.2 Å². The first-order valence-electron chi connectivity index (χ1n) is 13.8. The van der Waals surface area contributed by atoms with Crippen LogP contribution in [0.15, 0.2) is 77.7 Å². The number of hydrogen-bond donors (Lipinski definition) is 0. The average Bonchev–Trinajstić information content (AvgIpc) is 2.92. The van der Waals surface area contributed by atoms with Gasteiger partial charge in [-0.3, -0.25) is 9.59 Å². The molecular formula is C33H36N2O5. The summed E-state index contributed by atoms with van der Waals surface area (Å²) in [5.74, 6) is -2.01. The van der Waals surface area contributed by atoms with E-state index in [1.54, 1.807) is 24.3 Å². The normalized spacial score (nSPS) is 22.8. The lowest BCUT2D eigenvalue weighted by Crippen LogP contribution is -2.40. The maximum absolute atomic E-state index is 14.2. The molecular weight excluding hydrogens is 504 g/mol. The average molecular weight is 541 g/mol. The number of hydrogen-bond acceptors (Lipinski definition) is 6.